The molecular weight excluding hydrogens is 980 g/mol. The average Bonchev–Trinajstić information content (AvgIpc) is 4.11. The zero-order valence-corrected chi connectivity index (χ0v) is 43.3. The number of fused-ring (bicyclic) bond motifs is 4. The molecule has 2 aromatic carbocycles. The summed E-state index contributed by atoms with van der Waals surface area (Å²) < 4.78 is 102. The van der Waals surface area contributed by atoms with E-state index in [1.54, 1.807) is 0 Å². The summed E-state index contributed by atoms with van der Waals surface area (Å²) in [6, 6.07) is 5.70. The number of sulfone groups is 2. The molecule has 0 spiro atoms. The predicted molar refractivity (Wildman–Crippen MR) is 260 cm³/mol. The Kier molecular flexibility index (Phi) is 15.0. The molecule has 67 heavy (non-hydrogen) atoms. The predicted octanol–water partition coefficient (Wildman–Crippen LogP) is 4.19. The number of hydrogen-bond acceptors (Lipinski definition) is 16. The maximum Gasteiger partial charge on any atom is 0.298 e. The number of aryl methyl sites for hydroxylation is 4. The number of aromatic nitrogens is 6. The zero-order chi connectivity index (χ0) is 47.8. The minimum Gasteiger partial charge on any atom is -0.359 e. The molecule has 19 nitrogen and oxygen atoms in total. The highest BCUT2D eigenvalue weighted by Gasteiger charge is 2.34. The summed E-state index contributed by atoms with van der Waals surface area (Å²) in [5.74, 6) is 0.862. The van der Waals surface area contributed by atoms with Crippen LogP contribution in [0.1, 0.15) is 70.2 Å². The topological polar surface area (TPSA) is 257 Å². The van der Waals surface area contributed by atoms with Crippen molar-refractivity contribution < 1.29 is 38.4 Å². The Morgan fingerprint density at radius 2 is 1.21 bits per heavy atom. The van der Waals surface area contributed by atoms with Crippen LogP contribution in [0.3, 0.4) is 0 Å². The average molecular weight is 1040 g/mol. The lowest BCUT2D eigenvalue weighted by molar-refractivity contribution is 0.0792. The molecule has 4 heterocycles. The Hall–Kier alpha value is -3.49. The van der Waals surface area contributed by atoms with Gasteiger partial charge in [-0.05, 0) is 128 Å². The highest BCUT2D eigenvalue weighted by atomic mass is 35.7. The normalized spacial score (nSPS) is 19.6. The molecule has 4 N–H and O–H groups in total. The lowest BCUT2D eigenvalue weighted by atomic mass is 9.99. The molecule has 2 aliphatic heterocycles. The molecule has 0 atom stereocenters. The van der Waals surface area contributed by atoms with E-state index in [9.17, 15) is 33.7 Å². The second-order valence-corrected chi connectivity index (χ2v) is 33.7. The van der Waals surface area contributed by atoms with Gasteiger partial charge in [0.1, 0.15) is 6.73 Å². The summed E-state index contributed by atoms with van der Waals surface area (Å²) in [4.78, 5) is 8.39. The molecule has 4 aromatic rings. The number of sulfonamides is 1. The number of nitrogens with one attached hydrogen (secondary N) is 4. The van der Waals surface area contributed by atoms with Gasteiger partial charge in [0.2, 0.25) is 11.9 Å². The van der Waals surface area contributed by atoms with Gasteiger partial charge in [0.05, 0.1) is 23.0 Å². The highest BCUT2D eigenvalue weighted by molar-refractivity contribution is 8.13. The second-order valence-electron chi connectivity index (χ2n) is 19.1. The molecular formula is C42H61ClN10O9S4Si. The highest BCUT2D eigenvalue weighted by Crippen LogP contribution is 2.41. The third-order valence-corrected chi connectivity index (χ3v) is 20.7. The van der Waals surface area contributed by atoms with Crippen molar-refractivity contribution >= 4 is 80.8 Å². The van der Waals surface area contributed by atoms with Crippen LogP contribution in [0, 0.1) is 0 Å². The van der Waals surface area contributed by atoms with Crippen molar-refractivity contribution in [1.29, 1.82) is 0 Å². The van der Waals surface area contributed by atoms with E-state index in [0.717, 1.165) is 98.8 Å². The fourth-order valence-electron chi connectivity index (χ4n) is 9.45. The van der Waals surface area contributed by atoms with Crippen LogP contribution in [0.2, 0.25) is 25.7 Å². The van der Waals surface area contributed by atoms with E-state index in [-0.39, 0.29) is 42.4 Å². The lowest BCUT2D eigenvalue weighted by Gasteiger charge is -2.24. The Bertz CT molecular complexity index is 2870. The summed E-state index contributed by atoms with van der Waals surface area (Å²) in [6.07, 6.45) is 12.9. The van der Waals surface area contributed by atoms with Crippen molar-refractivity contribution in [2.24, 2.45) is 0 Å². The van der Waals surface area contributed by atoms with E-state index in [1.807, 2.05) is 0 Å². The van der Waals surface area contributed by atoms with Crippen molar-refractivity contribution in [3.05, 3.63) is 56.6 Å². The van der Waals surface area contributed by atoms with Crippen LogP contribution in [0.4, 0.5) is 23.3 Å². The van der Waals surface area contributed by atoms with E-state index >= 15 is 0 Å². The van der Waals surface area contributed by atoms with Crippen molar-refractivity contribution in [2.45, 2.75) is 120 Å². The van der Waals surface area contributed by atoms with Crippen molar-refractivity contribution in [3.8, 4) is 0 Å². The maximum absolute atomic E-state index is 12.8. The van der Waals surface area contributed by atoms with Crippen LogP contribution in [-0.2, 0) is 102 Å². The van der Waals surface area contributed by atoms with Gasteiger partial charge in [-0.1, -0.05) is 31.8 Å². The molecule has 2 fully saturated rings. The summed E-state index contributed by atoms with van der Waals surface area (Å²) in [6.45, 7) is 8.72. The van der Waals surface area contributed by atoms with Gasteiger partial charge < -0.3 is 20.7 Å². The van der Waals surface area contributed by atoms with Gasteiger partial charge >= 0.3 is 0 Å². The molecule has 0 amide bonds. The van der Waals surface area contributed by atoms with Gasteiger partial charge in [-0.25, -0.2) is 43.5 Å². The Morgan fingerprint density at radius 1 is 0.716 bits per heavy atom. The van der Waals surface area contributed by atoms with E-state index in [0.29, 0.717) is 37.2 Å². The smallest absolute Gasteiger partial charge is 0.298 e. The summed E-state index contributed by atoms with van der Waals surface area (Å²) >= 11 is 0. The summed E-state index contributed by atoms with van der Waals surface area (Å²) in [5.41, 5.74) is 12.9. The third kappa shape index (κ3) is 12.1. The maximum atomic E-state index is 12.8. The number of nitrogens with zero attached hydrogens (tertiary/aromatic N) is 6. The first-order chi connectivity index (χ1) is 31.7. The first kappa shape index (κ1) is 49.9. The largest absolute Gasteiger partial charge is 0.359 e. The van der Waals surface area contributed by atoms with Crippen LogP contribution in [-0.4, -0.2) is 132 Å². The number of aromatic amines is 1. The number of anilines is 4. The van der Waals surface area contributed by atoms with Crippen molar-refractivity contribution in [2.75, 3.05) is 66.4 Å². The SMILES string of the molecule is C[Si](C)(C)CCOCn1nc(S(=O)(=O)Cl)nc1Nc1c2c(cc3c1CCC3)CCC2.O=S1(=O)CCN(S(=O)(=O)c2nc(Nc3c4c(cc5c3CCC5)CCC4)n[nH]2)CC1.O=S1(=O)CCNCC1. The van der Waals surface area contributed by atoms with Gasteiger partial charge in [0.25, 0.3) is 29.4 Å². The van der Waals surface area contributed by atoms with Crippen LogP contribution >= 0.6 is 10.7 Å². The molecule has 10 rings (SSSR count). The molecule has 0 unspecified atom stereocenters. The third-order valence-electron chi connectivity index (χ3n) is 13.0. The first-order valence-corrected chi connectivity index (χ1v) is 34.1. The molecule has 0 radical (unpaired) electrons. The minimum absolute atomic E-state index is 0.0617. The molecule has 2 saturated heterocycles. The second kappa shape index (κ2) is 20.1. The fourth-order valence-corrected chi connectivity index (χ4v) is 14.6. The molecule has 0 bridgehead atoms. The Labute approximate surface area is 399 Å². The monoisotopic (exact) mass is 1040 g/mol. The fraction of sp³-hybridized carbons (Fsp3) is 0.619. The molecule has 2 aromatic heterocycles. The molecule has 25 heteroatoms. The standard InChI is InChI=1S/C20H29ClN4O3SSi.C18H23N5O4S2.C4H9NO2S/c1-30(2,3)11-10-28-13-25-19(23-20(24-25)29(21,26)27)22-18-16-8-4-6-14(16)12-15-7-5-9-17(15)18;24-28(25)9-7-23(8-10-28)29(26,27)18-20-17(21-22-18)19-16-14-5-1-3-12(14)11-13-4-2-6-15(13)16;6-8(7)3-1-5-2-4-8/h12H,4-11,13H2,1-3H3,(H,22,23,24);11H,1-10H2,(H2,19,20,21,22);5H,1-4H2. The van der Waals surface area contributed by atoms with Gasteiger partial charge in [0.15, 0.2) is 19.7 Å². The first-order valence-electron chi connectivity index (χ1n) is 23.0. The van der Waals surface area contributed by atoms with Crippen LogP contribution in [0.15, 0.2) is 22.4 Å². The quantitative estimate of drug-likeness (QED) is 0.0882. The Balaban J connectivity index is 0.000000156. The summed E-state index contributed by atoms with van der Waals surface area (Å²) in [7, 11) is -9.45. The number of ether oxygens (including phenoxy) is 1. The van der Waals surface area contributed by atoms with Gasteiger partial charge in [0, 0.05) is 62.9 Å². The summed E-state index contributed by atoms with van der Waals surface area (Å²) in [5, 5.41) is 19.7. The van der Waals surface area contributed by atoms with Crippen LogP contribution in [0.5, 0.6) is 0 Å². The lowest BCUT2D eigenvalue weighted by Crippen LogP contribution is -2.43. The van der Waals surface area contributed by atoms with Crippen LogP contribution in [0.25, 0.3) is 0 Å². The van der Waals surface area contributed by atoms with Gasteiger partial charge in [-0.3, -0.25) is 0 Å². The minimum atomic E-state index is -4.03. The Morgan fingerprint density at radius 3 is 1.67 bits per heavy atom. The number of hydrogen-bond donors (Lipinski definition) is 4. The van der Waals surface area contributed by atoms with Gasteiger partial charge in [-0.2, -0.15) is 14.3 Å². The van der Waals surface area contributed by atoms with E-state index in [1.165, 1.54) is 49.2 Å². The zero-order valence-electron chi connectivity index (χ0n) is 38.3. The van der Waals surface area contributed by atoms with Gasteiger partial charge in [-0.15, -0.1) is 10.2 Å². The molecule has 4 aliphatic carbocycles. The van der Waals surface area contributed by atoms with Crippen LogP contribution < -0.4 is 16.0 Å². The van der Waals surface area contributed by atoms with Crippen molar-refractivity contribution in [3.63, 3.8) is 0 Å². The van der Waals surface area contributed by atoms with E-state index in [4.69, 9.17) is 15.4 Å². The van der Waals surface area contributed by atoms with E-state index in [2.05, 4.69) is 73.0 Å². The number of H-pyrrole nitrogens is 1. The molecule has 368 valence electrons. The number of rotatable bonds is 12. The number of halogens is 1. The van der Waals surface area contributed by atoms with E-state index < -0.39 is 52.0 Å². The molecule has 6 aliphatic rings. The van der Waals surface area contributed by atoms with Crippen molar-refractivity contribution in [1.82, 2.24) is 39.6 Å². The number of benzene rings is 2. The molecule has 0 saturated carbocycles.